The van der Waals surface area contributed by atoms with Gasteiger partial charge in [-0.2, -0.15) is 0 Å². The molecule has 1 fully saturated rings. The minimum absolute atomic E-state index is 0.0326. The zero-order valence-corrected chi connectivity index (χ0v) is 14.1. The summed E-state index contributed by atoms with van der Waals surface area (Å²) in [4.78, 5) is 24.4. The van der Waals surface area contributed by atoms with E-state index in [0.717, 1.165) is 0 Å². The van der Waals surface area contributed by atoms with Gasteiger partial charge in [0.05, 0.1) is 0 Å². The van der Waals surface area contributed by atoms with E-state index in [1.807, 2.05) is 0 Å². The Balaban J connectivity index is 2.64. The summed E-state index contributed by atoms with van der Waals surface area (Å²) in [6.07, 6.45) is 0.498. The van der Waals surface area contributed by atoms with Crippen molar-refractivity contribution >= 4 is 12.1 Å². The normalized spacial score (nSPS) is 18.5. The highest BCUT2D eigenvalue weighted by Crippen LogP contribution is 2.35. The topological polar surface area (TPSA) is 66.8 Å². The van der Waals surface area contributed by atoms with Crippen LogP contribution in [0.2, 0.25) is 0 Å². The summed E-state index contributed by atoms with van der Waals surface area (Å²) in [5.74, 6) is -3.54. The highest BCUT2D eigenvalue weighted by atomic mass is 19.3. The van der Waals surface area contributed by atoms with Gasteiger partial charge >= 0.3 is 12.1 Å². The fourth-order valence-electron chi connectivity index (χ4n) is 2.64. The van der Waals surface area contributed by atoms with Gasteiger partial charge in [-0.25, -0.2) is 13.6 Å². The molecule has 7 heteroatoms. The molecule has 0 aliphatic heterocycles. The maximum absolute atomic E-state index is 13.3. The van der Waals surface area contributed by atoms with Crippen LogP contribution >= 0.6 is 0 Å². The molecule has 5 nitrogen and oxygen atoms in total. The Kier molecular flexibility index (Phi) is 6.77. The second-order valence-electron chi connectivity index (χ2n) is 7.11. The first-order chi connectivity index (χ1) is 10.5. The van der Waals surface area contributed by atoms with Gasteiger partial charge in [0.2, 0.25) is 5.92 Å². The number of hydrogen-bond acceptors (Lipinski definition) is 3. The van der Waals surface area contributed by atoms with Gasteiger partial charge in [-0.05, 0) is 46.5 Å². The molecule has 0 saturated heterocycles. The molecule has 1 rings (SSSR count). The Bertz CT molecular complexity index is 411. The number of aliphatic carboxylic acids is 1. The van der Waals surface area contributed by atoms with Crippen molar-refractivity contribution in [2.45, 2.75) is 83.3 Å². The lowest BCUT2D eigenvalue weighted by atomic mass is 9.91. The maximum Gasteiger partial charge on any atom is 0.410 e. The monoisotopic (exact) mass is 335 g/mol. The number of alkyl halides is 2. The lowest BCUT2D eigenvalue weighted by molar-refractivity contribution is -0.137. The number of carbonyl (C=O) groups excluding carboxylic acids is 1. The zero-order chi connectivity index (χ0) is 17.7. The molecule has 0 aromatic rings. The second-order valence-corrected chi connectivity index (χ2v) is 7.11. The summed E-state index contributed by atoms with van der Waals surface area (Å²) in [7, 11) is 0. The summed E-state index contributed by atoms with van der Waals surface area (Å²) in [5, 5.41) is 8.66. The van der Waals surface area contributed by atoms with Crippen LogP contribution < -0.4 is 0 Å². The molecule has 1 N–H and O–H groups in total. The van der Waals surface area contributed by atoms with Crippen LogP contribution in [0.1, 0.15) is 65.7 Å². The van der Waals surface area contributed by atoms with Crippen LogP contribution in [-0.4, -0.2) is 46.2 Å². The molecule has 0 spiro atoms. The van der Waals surface area contributed by atoms with Gasteiger partial charge in [-0.1, -0.05) is 0 Å². The minimum atomic E-state index is -2.65. The standard InChI is InChI=1S/C16H27F2NO4/c1-15(2,3)23-14(22)19(11-5-4-6-13(20)21)12-7-9-16(17,18)10-8-12/h12H,4-11H2,1-3H3,(H,20,21). The number of nitrogens with zero attached hydrogens (tertiary/aromatic N) is 1. The van der Waals surface area contributed by atoms with Crippen LogP contribution in [0.4, 0.5) is 13.6 Å². The lowest BCUT2D eigenvalue weighted by Gasteiger charge is -2.37. The smallest absolute Gasteiger partial charge is 0.410 e. The fraction of sp³-hybridized carbons (Fsp3) is 0.875. The molecule has 1 aliphatic carbocycles. The number of rotatable bonds is 6. The van der Waals surface area contributed by atoms with Crippen molar-refractivity contribution in [2.24, 2.45) is 0 Å². The van der Waals surface area contributed by atoms with E-state index in [0.29, 0.717) is 19.4 Å². The molecule has 0 radical (unpaired) electrons. The molecule has 0 bridgehead atoms. The molecule has 0 aromatic heterocycles. The zero-order valence-electron chi connectivity index (χ0n) is 14.1. The number of carbonyl (C=O) groups is 2. The number of unbranched alkanes of at least 4 members (excludes halogenated alkanes) is 1. The molecular formula is C16H27F2NO4. The molecule has 1 aliphatic rings. The third-order valence-corrected chi connectivity index (χ3v) is 3.80. The van der Waals surface area contributed by atoms with Crippen LogP contribution in [0, 0.1) is 0 Å². The summed E-state index contributed by atoms with van der Waals surface area (Å²) < 4.78 is 32.0. The van der Waals surface area contributed by atoms with Gasteiger partial charge in [0, 0.05) is 31.8 Å². The summed E-state index contributed by atoms with van der Waals surface area (Å²) in [5.41, 5.74) is -0.658. The predicted octanol–water partition coefficient (Wildman–Crippen LogP) is 4.06. The number of ether oxygens (including phenoxy) is 1. The SMILES string of the molecule is CC(C)(C)OC(=O)N(CCCCC(=O)O)C1CCC(F)(F)CC1. The molecule has 0 unspecified atom stereocenters. The molecule has 0 aromatic carbocycles. The number of hydrogen-bond donors (Lipinski definition) is 1. The highest BCUT2D eigenvalue weighted by molar-refractivity contribution is 5.68. The van der Waals surface area contributed by atoms with E-state index < -0.39 is 23.6 Å². The number of halogens is 2. The Morgan fingerprint density at radius 1 is 1.22 bits per heavy atom. The number of amides is 1. The Labute approximate surface area is 136 Å². The van der Waals surface area contributed by atoms with Gasteiger partial charge in [0.25, 0.3) is 0 Å². The Morgan fingerprint density at radius 2 is 1.78 bits per heavy atom. The Morgan fingerprint density at radius 3 is 2.26 bits per heavy atom. The summed E-state index contributed by atoms with van der Waals surface area (Å²) in [6, 6.07) is -0.269. The van der Waals surface area contributed by atoms with Crippen LogP contribution in [0.25, 0.3) is 0 Å². The van der Waals surface area contributed by atoms with E-state index >= 15 is 0 Å². The van der Waals surface area contributed by atoms with Crippen LogP contribution in [0.5, 0.6) is 0 Å². The molecule has 0 atom stereocenters. The van der Waals surface area contributed by atoms with Gasteiger partial charge < -0.3 is 14.7 Å². The van der Waals surface area contributed by atoms with Crippen LogP contribution in [0.15, 0.2) is 0 Å². The van der Waals surface area contributed by atoms with E-state index in [-0.39, 0.29) is 38.1 Å². The van der Waals surface area contributed by atoms with Gasteiger partial charge in [-0.15, -0.1) is 0 Å². The van der Waals surface area contributed by atoms with Crippen molar-refractivity contribution in [3.8, 4) is 0 Å². The van der Waals surface area contributed by atoms with Gasteiger partial charge in [-0.3, -0.25) is 4.79 Å². The van der Waals surface area contributed by atoms with E-state index in [9.17, 15) is 18.4 Å². The van der Waals surface area contributed by atoms with Crippen molar-refractivity contribution in [3.05, 3.63) is 0 Å². The quantitative estimate of drug-likeness (QED) is 0.744. The van der Waals surface area contributed by atoms with Crippen molar-refractivity contribution in [1.82, 2.24) is 4.90 Å². The van der Waals surface area contributed by atoms with Gasteiger partial charge in [0.1, 0.15) is 5.60 Å². The largest absolute Gasteiger partial charge is 0.481 e. The van der Waals surface area contributed by atoms with Crippen molar-refractivity contribution in [3.63, 3.8) is 0 Å². The molecule has 1 amide bonds. The van der Waals surface area contributed by atoms with E-state index in [1.165, 1.54) is 4.90 Å². The van der Waals surface area contributed by atoms with Crippen LogP contribution in [-0.2, 0) is 9.53 Å². The fourth-order valence-corrected chi connectivity index (χ4v) is 2.64. The third kappa shape index (κ3) is 7.61. The third-order valence-electron chi connectivity index (χ3n) is 3.80. The molecule has 134 valence electrons. The average Bonchev–Trinajstić information content (AvgIpc) is 2.37. The van der Waals surface area contributed by atoms with E-state index in [4.69, 9.17) is 9.84 Å². The highest BCUT2D eigenvalue weighted by Gasteiger charge is 2.39. The Hall–Kier alpha value is -1.40. The van der Waals surface area contributed by atoms with E-state index in [1.54, 1.807) is 20.8 Å². The maximum atomic E-state index is 13.3. The number of carboxylic acids is 1. The predicted molar refractivity (Wildman–Crippen MR) is 81.6 cm³/mol. The van der Waals surface area contributed by atoms with E-state index in [2.05, 4.69) is 0 Å². The first-order valence-corrected chi connectivity index (χ1v) is 8.09. The van der Waals surface area contributed by atoms with Crippen LogP contribution in [0.3, 0.4) is 0 Å². The lowest BCUT2D eigenvalue weighted by Crippen LogP contribution is -2.46. The minimum Gasteiger partial charge on any atom is -0.481 e. The first kappa shape index (κ1) is 19.6. The summed E-state index contributed by atoms with van der Waals surface area (Å²) >= 11 is 0. The van der Waals surface area contributed by atoms with Gasteiger partial charge in [0.15, 0.2) is 0 Å². The van der Waals surface area contributed by atoms with Crippen molar-refractivity contribution in [1.29, 1.82) is 0 Å². The van der Waals surface area contributed by atoms with Crippen molar-refractivity contribution in [2.75, 3.05) is 6.54 Å². The summed E-state index contributed by atoms with van der Waals surface area (Å²) in [6.45, 7) is 5.59. The molecule has 0 heterocycles. The average molecular weight is 335 g/mol. The first-order valence-electron chi connectivity index (χ1n) is 8.09. The number of carboxylic acid groups (broad SMARTS) is 1. The molecular weight excluding hydrogens is 308 g/mol. The second kappa shape index (κ2) is 7.93. The van der Waals surface area contributed by atoms with Crippen molar-refractivity contribution < 1.29 is 28.2 Å². The molecule has 23 heavy (non-hydrogen) atoms. The molecule has 1 saturated carbocycles.